The third-order valence-corrected chi connectivity index (χ3v) is 5.14. The third kappa shape index (κ3) is 3.32. The van der Waals surface area contributed by atoms with E-state index in [2.05, 4.69) is 60.9 Å². The van der Waals surface area contributed by atoms with Crippen LogP contribution in [-0.4, -0.2) is 26.6 Å². The van der Waals surface area contributed by atoms with Gasteiger partial charge in [-0.05, 0) is 35.4 Å². The number of anilines is 1. The summed E-state index contributed by atoms with van der Waals surface area (Å²) in [6.45, 7) is 0.388. The van der Waals surface area contributed by atoms with E-state index in [9.17, 15) is 4.79 Å². The lowest BCUT2D eigenvalue weighted by atomic mass is 10.0. The summed E-state index contributed by atoms with van der Waals surface area (Å²) in [7, 11) is 3.71. The number of quaternary nitrogens is 1. The minimum absolute atomic E-state index is 0.000436. The first-order valence-electron chi connectivity index (χ1n) is 9.12. The molecule has 4 heteroatoms. The maximum Gasteiger partial charge on any atom is 0.279 e. The van der Waals surface area contributed by atoms with E-state index in [1.54, 1.807) is 7.11 Å². The van der Waals surface area contributed by atoms with E-state index >= 15 is 0 Å². The summed E-state index contributed by atoms with van der Waals surface area (Å²) in [5.41, 5.74) is 5.89. The van der Waals surface area contributed by atoms with Crippen LogP contribution in [0.1, 0.15) is 17.2 Å². The van der Waals surface area contributed by atoms with Gasteiger partial charge in [0.05, 0.1) is 14.2 Å². The summed E-state index contributed by atoms with van der Waals surface area (Å²) in [5.74, 6) is 0.773. The summed E-state index contributed by atoms with van der Waals surface area (Å²) >= 11 is 0. The number of carbonyl (C=O) groups is 1. The molecule has 0 saturated heterocycles. The Kier molecular flexibility index (Phi) is 4.65. The molecule has 27 heavy (non-hydrogen) atoms. The molecule has 0 radical (unpaired) electrons. The van der Waals surface area contributed by atoms with Gasteiger partial charge in [0.2, 0.25) is 0 Å². The Morgan fingerprint density at radius 3 is 2.04 bits per heavy atom. The minimum Gasteiger partial charge on any atom is -0.497 e. The molecule has 1 atom stereocenters. The topological polar surface area (TPSA) is 42.8 Å². The third-order valence-electron chi connectivity index (χ3n) is 5.14. The SMILES string of the molecule is COc1ccc(NC(=O)C[NH+](C)C2c3ccccc3-c3ccccc32)cc1. The van der Waals surface area contributed by atoms with Crippen molar-refractivity contribution in [2.45, 2.75) is 6.04 Å². The number of hydrogen-bond acceptors (Lipinski definition) is 2. The number of rotatable bonds is 5. The first kappa shape index (κ1) is 17.3. The Balaban J connectivity index is 1.52. The molecule has 3 aromatic rings. The van der Waals surface area contributed by atoms with Crippen LogP contribution < -0.4 is 15.0 Å². The van der Waals surface area contributed by atoms with Crippen molar-refractivity contribution in [1.29, 1.82) is 0 Å². The second-order valence-electron chi connectivity index (χ2n) is 6.91. The second-order valence-corrected chi connectivity index (χ2v) is 6.91. The maximum atomic E-state index is 12.6. The highest BCUT2D eigenvalue weighted by molar-refractivity contribution is 5.91. The van der Waals surface area contributed by atoms with Crippen LogP contribution in [0.3, 0.4) is 0 Å². The van der Waals surface area contributed by atoms with E-state index in [1.165, 1.54) is 22.3 Å². The molecule has 0 spiro atoms. The van der Waals surface area contributed by atoms with Crippen LogP contribution >= 0.6 is 0 Å². The number of benzene rings is 3. The van der Waals surface area contributed by atoms with Crippen molar-refractivity contribution in [2.24, 2.45) is 0 Å². The van der Waals surface area contributed by atoms with Gasteiger partial charge in [-0.3, -0.25) is 4.79 Å². The number of hydrogen-bond donors (Lipinski definition) is 2. The Morgan fingerprint density at radius 1 is 0.926 bits per heavy atom. The summed E-state index contributed by atoms with van der Waals surface area (Å²) in [6, 6.07) is 24.5. The predicted octanol–water partition coefficient (Wildman–Crippen LogP) is 2.92. The molecule has 0 aliphatic heterocycles. The fourth-order valence-corrected chi connectivity index (χ4v) is 3.92. The van der Waals surface area contributed by atoms with Gasteiger partial charge in [0.25, 0.3) is 5.91 Å². The van der Waals surface area contributed by atoms with Crippen LogP contribution in [0.25, 0.3) is 11.1 Å². The van der Waals surface area contributed by atoms with Crippen LogP contribution in [0.5, 0.6) is 5.75 Å². The van der Waals surface area contributed by atoms with Crippen molar-refractivity contribution in [1.82, 2.24) is 0 Å². The lowest BCUT2D eigenvalue weighted by Crippen LogP contribution is -3.10. The molecule has 0 aromatic heterocycles. The maximum absolute atomic E-state index is 12.6. The number of likely N-dealkylation sites (N-methyl/N-ethyl adjacent to an activating group) is 1. The van der Waals surface area contributed by atoms with Crippen LogP contribution in [0.4, 0.5) is 5.69 Å². The van der Waals surface area contributed by atoms with Crippen molar-refractivity contribution < 1.29 is 14.4 Å². The Morgan fingerprint density at radius 2 is 1.48 bits per heavy atom. The molecule has 0 saturated carbocycles. The van der Waals surface area contributed by atoms with Crippen LogP contribution in [0.2, 0.25) is 0 Å². The zero-order valence-electron chi connectivity index (χ0n) is 15.5. The van der Waals surface area contributed by atoms with Crippen LogP contribution in [-0.2, 0) is 4.79 Å². The van der Waals surface area contributed by atoms with Crippen molar-refractivity contribution in [3.63, 3.8) is 0 Å². The number of fused-ring (bicyclic) bond motifs is 3. The zero-order chi connectivity index (χ0) is 18.8. The first-order chi connectivity index (χ1) is 13.2. The Bertz CT molecular complexity index is 921. The highest BCUT2D eigenvalue weighted by atomic mass is 16.5. The van der Waals surface area contributed by atoms with E-state index in [1.807, 2.05) is 24.3 Å². The molecule has 0 fully saturated rings. The number of methoxy groups -OCH3 is 1. The van der Waals surface area contributed by atoms with Gasteiger partial charge in [-0.15, -0.1) is 0 Å². The number of ether oxygens (including phenoxy) is 1. The molecule has 0 heterocycles. The predicted molar refractivity (Wildman–Crippen MR) is 107 cm³/mol. The first-order valence-corrected chi connectivity index (χ1v) is 9.12. The van der Waals surface area contributed by atoms with Gasteiger partial charge in [0.1, 0.15) is 11.8 Å². The van der Waals surface area contributed by atoms with E-state index in [-0.39, 0.29) is 11.9 Å². The molecule has 4 nitrogen and oxygen atoms in total. The number of carbonyl (C=O) groups excluding carboxylic acids is 1. The molecular weight excluding hydrogens is 336 g/mol. The van der Waals surface area contributed by atoms with Crippen molar-refractivity contribution in [3.05, 3.63) is 83.9 Å². The Hall–Kier alpha value is -3.11. The van der Waals surface area contributed by atoms with Gasteiger partial charge < -0.3 is 15.0 Å². The van der Waals surface area contributed by atoms with Gasteiger partial charge >= 0.3 is 0 Å². The monoisotopic (exact) mass is 359 g/mol. The summed E-state index contributed by atoms with van der Waals surface area (Å²) in [4.78, 5) is 13.7. The fraction of sp³-hybridized carbons (Fsp3) is 0.174. The average molecular weight is 359 g/mol. The molecule has 1 amide bonds. The lowest BCUT2D eigenvalue weighted by Gasteiger charge is -2.22. The van der Waals surface area contributed by atoms with E-state index in [0.29, 0.717) is 6.54 Å². The average Bonchev–Trinajstić information content (AvgIpc) is 3.03. The largest absolute Gasteiger partial charge is 0.497 e. The normalized spacial score (nSPS) is 13.6. The van der Waals surface area contributed by atoms with Gasteiger partial charge in [-0.25, -0.2) is 0 Å². The van der Waals surface area contributed by atoms with Gasteiger partial charge in [0.15, 0.2) is 6.54 Å². The smallest absolute Gasteiger partial charge is 0.279 e. The second kappa shape index (κ2) is 7.25. The summed E-state index contributed by atoms with van der Waals surface area (Å²) in [5, 5.41) is 2.98. The van der Waals surface area contributed by atoms with Gasteiger partial charge in [0, 0.05) is 16.8 Å². The molecule has 136 valence electrons. The molecule has 1 aliphatic rings. The van der Waals surface area contributed by atoms with Crippen molar-refractivity contribution in [2.75, 3.05) is 26.0 Å². The van der Waals surface area contributed by atoms with Gasteiger partial charge in [-0.1, -0.05) is 48.5 Å². The molecule has 0 bridgehead atoms. The number of nitrogens with one attached hydrogen (secondary N) is 2. The van der Waals surface area contributed by atoms with E-state index in [4.69, 9.17) is 4.74 Å². The zero-order valence-corrected chi connectivity index (χ0v) is 15.5. The minimum atomic E-state index is -0.000436. The molecule has 3 aromatic carbocycles. The highest BCUT2D eigenvalue weighted by Crippen LogP contribution is 2.41. The number of amides is 1. The lowest BCUT2D eigenvalue weighted by molar-refractivity contribution is -0.897. The Labute approximate surface area is 159 Å². The molecule has 2 N–H and O–H groups in total. The van der Waals surface area contributed by atoms with Crippen molar-refractivity contribution in [3.8, 4) is 16.9 Å². The molecule has 1 aliphatic carbocycles. The molecular formula is C23H23N2O2+. The van der Waals surface area contributed by atoms with E-state index in [0.717, 1.165) is 16.3 Å². The molecule has 1 unspecified atom stereocenters. The van der Waals surface area contributed by atoms with E-state index < -0.39 is 0 Å². The summed E-state index contributed by atoms with van der Waals surface area (Å²) < 4.78 is 5.16. The quantitative estimate of drug-likeness (QED) is 0.736. The highest BCUT2D eigenvalue weighted by Gasteiger charge is 2.34. The van der Waals surface area contributed by atoms with Crippen LogP contribution in [0.15, 0.2) is 72.8 Å². The molecule has 4 rings (SSSR count). The van der Waals surface area contributed by atoms with Crippen LogP contribution in [0, 0.1) is 0 Å². The van der Waals surface area contributed by atoms with Crippen molar-refractivity contribution >= 4 is 11.6 Å². The fourth-order valence-electron chi connectivity index (χ4n) is 3.92. The summed E-state index contributed by atoms with van der Waals surface area (Å²) in [6.07, 6.45) is 0. The van der Waals surface area contributed by atoms with Gasteiger partial charge in [-0.2, -0.15) is 0 Å². The standard InChI is InChI=1S/C23H22N2O2/c1-25(15-22(26)24-16-11-13-17(27-2)14-12-16)23-20-9-5-3-7-18(20)19-8-4-6-10-21(19)23/h3-14,23H,15H2,1-2H3,(H,24,26)/p+1.